The summed E-state index contributed by atoms with van der Waals surface area (Å²) >= 11 is 5.29. The van der Waals surface area contributed by atoms with Crippen LogP contribution in [0.2, 0.25) is 0 Å². The number of likely N-dealkylation sites (tertiary alicyclic amines) is 1. The Labute approximate surface area is 137 Å². The molecule has 3 rings (SSSR count). The third kappa shape index (κ3) is 3.65. The van der Waals surface area contributed by atoms with Crippen molar-refractivity contribution in [1.82, 2.24) is 15.1 Å². The van der Waals surface area contributed by atoms with E-state index in [9.17, 15) is 4.79 Å². The summed E-state index contributed by atoms with van der Waals surface area (Å²) in [6.45, 7) is 4.56. The molecule has 2 heterocycles. The molecular weight excluding hydrogens is 294 g/mol. The van der Waals surface area contributed by atoms with Gasteiger partial charge in [-0.05, 0) is 49.3 Å². The lowest BCUT2D eigenvalue weighted by atomic mass is 10.0. The highest BCUT2D eigenvalue weighted by Gasteiger charge is 2.23. The number of hydrogen-bond donors (Lipinski definition) is 1. The second kappa shape index (κ2) is 7.20. The fraction of sp³-hybridized carbons (Fsp3) is 0.529. The molecule has 118 valence electrons. The second-order valence-electron chi connectivity index (χ2n) is 6.07. The Balaban J connectivity index is 1.72. The average molecular weight is 317 g/mol. The lowest BCUT2D eigenvalue weighted by Crippen LogP contribution is -2.49. The molecule has 1 aromatic carbocycles. The molecule has 0 aliphatic carbocycles. The van der Waals surface area contributed by atoms with Crippen molar-refractivity contribution in [2.24, 2.45) is 0 Å². The summed E-state index contributed by atoms with van der Waals surface area (Å²) in [6, 6.07) is 8.41. The molecule has 4 nitrogen and oxygen atoms in total. The number of nitrogens with zero attached hydrogens (tertiary/aromatic N) is 2. The SMILES string of the molecule is O=C1CCNC(=S)N1Cc1ccccc1CN1CCCCC1. The summed E-state index contributed by atoms with van der Waals surface area (Å²) < 4.78 is 0. The Morgan fingerprint density at radius 3 is 2.41 bits per heavy atom. The van der Waals surface area contributed by atoms with Crippen LogP contribution < -0.4 is 5.32 Å². The van der Waals surface area contributed by atoms with Gasteiger partial charge < -0.3 is 5.32 Å². The molecule has 2 saturated heterocycles. The Kier molecular flexibility index (Phi) is 5.05. The van der Waals surface area contributed by atoms with Crippen LogP contribution in [0.4, 0.5) is 0 Å². The molecule has 1 N–H and O–H groups in total. The van der Waals surface area contributed by atoms with Gasteiger partial charge in [-0.1, -0.05) is 30.7 Å². The Morgan fingerprint density at radius 2 is 1.73 bits per heavy atom. The van der Waals surface area contributed by atoms with Gasteiger partial charge in [0.1, 0.15) is 0 Å². The number of hydrogen-bond acceptors (Lipinski definition) is 3. The van der Waals surface area contributed by atoms with Crippen LogP contribution in [0.3, 0.4) is 0 Å². The number of amides is 1. The molecule has 2 aliphatic heterocycles. The normalized spacial score (nSPS) is 20.1. The highest BCUT2D eigenvalue weighted by molar-refractivity contribution is 7.80. The maximum atomic E-state index is 12.1. The molecule has 0 spiro atoms. The Morgan fingerprint density at radius 1 is 1.05 bits per heavy atom. The number of nitrogens with one attached hydrogen (secondary N) is 1. The predicted octanol–water partition coefficient (Wildman–Crippen LogP) is 2.28. The molecule has 0 bridgehead atoms. The molecule has 5 heteroatoms. The van der Waals surface area contributed by atoms with Gasteiger partial charge in [0.05, 0.1) is 6.54 Å². The molecule has 2 aliphatic rings. The van der Waals surface area contributed by atoms with Gasteiger partial charge in [0.25, 0.3) is 0 Å². The van der Waals surface area contributed by atoms with Gasteiger partial charge in [0, 0.05) is 19.5 Å². The third-order valence-electron chi connectivity index (χ3n) is 4.45. The highest BCUT2D eigenvalue weighted by atomic mass is 32.1. The molecule has 22 heavy (non-hydrogen) atoms. The number of benzene rings is 1. The van der Waals surface area contributed by atoms with Crippen LogP contribution in [-0.4, -0.2) is 40.5 Å². The second-order valence-corrected chi connectivity index (χ2v) is 6.45. The van der Waals surface area contributed by atoms with Gasteiger partial charge in [-0.15, -0.1) is 0 Å². The number of carbonyl (C=O) groups excluding carboxylic acids is 1. The Bertz CT molecular complexity index is 539. The van der Waals surface area contributed by atoms with Crippen molar-refractivity contribution in [1.29, 1.82) is 0 Å². The topological polar surface area (TPSA) is 35.6 Å². The summed E-state index contributed by atoms with van der Waals surface area (Å²) in [5.41, 5.74) is 2.51. The van der Waals surface area contributed by atoms with Crippen molar-refractivity contribution in [3.8, 4) is 0 Å². The first-order chi connectivity index (χ1) is 10.7. The van der Waals surface area contributed by atoms with E-state index in [4.69, 9.17) is 12.2 Å². The summed E-state index contributed by atoms with van der Waals surface area (Å²) in [6.07, 6.45) is 4.45. The molecule has 0 aromatic heterocycles. The lowest BCUT2D eigenvalue weighted by molar-refractivity contribution is -0.128. The van der Waals surface area contributed by atoms with E-state index in [0.29, 0.717) is 24.6 Å². The zero-order valence-electron chi connectivity index (χ0n) is 12.9. The lowest BCUT2D eigenvalue weighted by Gasteiger charge is -2.30. The van der Waals surface area contributed by atoms with E-state index >= 15 is 0 Å². The third-order valence-corrected chi connectivity index (χ3v) is 4.82. The molecule has 0 saturated carbocycles. The van der Waals surface area contributed by atoms with Gasteiger partial charge in [-0.3, -0.25) is 14.6 Å². The van der Waals surface area contributed by atoms with E-state index in [0.717, 1.165) is 6.54 Å². The van der Waals surface area contributed by atoms with Crippen molar-refractivity contribution in [2.75, 3.05) is 19.6 Å². The molecule has 0 atom stereocenters. The fourth-order valence-electron chi connectivity index (χ4n) is 3.17. The van der Waals surface area contributed by atoms with Crippen molar-refractivity contribution in [3.05, 3.63) is 35.4 Å². The van der Waals surface area contributed by atoms with Crippen LogP contribution in [0.1, 0.15) is 36.8 Å². The maximum absolute atomic E-state index is 12.1. The fourth-order valence-corrected chi connectivity index (χ4v) is 3.44. The molecular formula is C17H23N3OS. The van der Waals surface area contributed by atoms with E-state index < -0.39 is 0 Å². The average Bonchev–Trinajstić information content (AvgIpc) is 2.54. The van der Waals surface area contributed by atoms with Crippen molar-refractivity contribution < 1.29 is 4.79 Å². The number of piperidine rings is 1. The van der Waals surface area contributed by atoms with E-state index in [-0.39, 0.29) is 5.91 Å². The smallest absolute Gasteiger partial charge is 0.230 e. The van der Waals surface area contributed by atoms with Gasteiger partial charge >= 0.3 is 0 Å². The van der Waals surface area contributed by atoms with Crippen molar-refractivity contribution >= 4 is 23.2 Å². The van der Waals surface area contributed by atoms with Gasteiger partial charge in [-0.25, -0.2) is 0 Å². The standard InChI is InChI=1S/C17H23N3OS/c21-16-8-9-18-17(22)20(16)13-15-7-3-2-6-14(15)12-19-10-4-1-5-11-19/h2-3,6-7H,1,4-5,8-13H2,(H,18,22). The first-order valence-electron chi connectivity index (χ1n) is 8.11. The van der Waals surface area contributed by atoms with Crippen LogP contribution >= 0.6 is 12.2 Å². The molecule has 1 aromatic rings. The van der Waals surface area contributed by atoms with Gasteiger partial charge in [0.2, 0.25) is 5.91 Å². The minimum Gasteiger partial charge on any atom is -0.362 e. The highest BCUT2D eigenvalue weighted by Crippen LogP contribution is 2.18. The molecule has 0 radical (unpaired) electrons. The summed E-state index contributed by atoms with van der Waals surface area (Å²) in [4.78, 5) is 16.3. The van der Waals surface area contributed by atoms with E-state index in [1.165, 1.54) is 43.5 Å². The minimum atomic E-state index is 0.122. The van der Waals surface area contributed by atoms with Crippen LogP contribution in [0.5, 0.6) is 0 Å². The Hall–Kier alpha value is -1.46. The quantitative estimate of drug-likeness (QED) is 0.864. The van der Waals surface area contributed by atoms with Crippen LogP contribution in [-0.2, 0) is 17.9 Å². The van der Waals surface area contributed by atoms with E-state index in [1.54, 1.807) is 4.90 Å². The number of thiocarbonyl (C=S) groups is 1. The van der Waals surface area contributed by atoms with E-state index in [1.807, 2.05) is 6.07 Å². The van der Waals surface area contributed by atoms with Crippen LogP contribution in [0, 0.1) is 0 Å². The van der Waals surface area contributed by atoms with E-state index in [2.05, 4.69) is 28.4 Å². The number of rotatable bonds is 4. The maximum Gasteiger partial charge on any atom is 0.230 e. The predicted molar refractivity (Wildman–Crippen MR) is 91.3 cm³/mol. The summed E-state index contributed by atoms with van der Waals surface area (Å²) in [5, 5.41) is 3.67. The van der Waals surface area contributed by atoms with Crippen LogP contribution in [0.25, 0.3) is 0 Å². The monoisotopic (exact) mass is 317 g/mol. The molecule has 0 unspecified atom stereocenters. The molecule has 2 fully saturated rings. The van der Waals surface area contributed by atoms with Crippen molar-refractivity contribution in [2.45, 2.75) is 38.8 Å². The van der Waals surface area contributed by atoms with Gasteiger partial charge in [-0.2, -0.15) is 0 Å². The first-order valence-corrected chi connectivity index (χ1v) is 8.52. The van der Waals surface area contributed by atoms with Crippen LogP contribution in [0.15, 0.2) is 24.3 Å². The van der Waals surface area contributed by atoms with Crippen molar-refractivity contribution in [3.63, 3.8) is 0 Å². The zero-order chi connectivity index (χ0) is 15.4. The molecule has 1 amide bonds. The number of carbonyl (C=O) groups is 1. The first kappa shape index (κ1) is 15.4. The largest absolute Gasteiger partial charge is 0.362 e. The summed E-state index contributed by atoms with van der Waals surface area (Å²) in [5.74, 6) is 0.122. The summed E-state index contributed by atoms with van der Waals surface area (Å²) in [7, 11) is 0. The minimum absolute atomic E-state index is 0.122. The van der Waals surface area contributed by atoms with Gasteiger partial charge in [0.15, 0.2) is 5.11 Å². The zero-order valence-corrected chi connectivity index (χ0v) is 13.7.